The number of rotatable bonds is 1. The molecule has 1 aromatic heterocycles. The monoisotopic (exact) mass is 194 g/mol. The molecule has 0 atom stereocenters. The van der Waals surface area contributed by atoms with E-state index in [2.05, 4.69) is 14.7 Å². The Hall–Kier alpha value is -2.36. The summed E-state index contributed by atoms with van der Waals surface area (Å²) >= 11 is 0. The Bertz CT molecular complexity index is 433. The van der Waals surface area contributed by atoms with Gasteiger partial charge in [0.05, 0.1) is 19.6 Å². The van der Waals surface area contributed by atoms with Gasteiger partial charge in [-0.3, -0.25) is 4.79 Å². The van der Waals surface area contributed by atoms with Crippen molar-refractivity contribution in [1.29, 1.82) is 5.26 Å². The molecular formula is C7H6N4O3. The van der Waals surface area contributed by atoms with Gasteiger partial charge in [0.25, 0.3) is 5.56 Å². The summed E-state index contributed by atoms with van der Waals surface area (Å²) in [7, 11) is 1.11. The fraction of sp³-hybridized carbons (Fsp3) is 0.143. The number of carbonyl (C=O) groups is 1. The van der Waals surface area contributed by atoms with Crippen LogP contribution in [0.2, 0.25) is 0 Å². The predicted molar refractivity (Wildman–Crippen MR) is 45.4 cm³/mol. The molecule has 0 saturated heterocycles. The average Bonchev–Trinajstić information content (AvgIpc) is 2.21. The van der Waals surface area contributed by atoms with Gasteiger partial charge in [-0.1, -0.05) is 0 Å². The molecule has 1 aromatic rings. The molecule has 1 rings (SSSR count). The van der Waals surface area contributed by atoms with Gasteiger partial charge in [-0.05, 0) is 0 Å². The summed E-state index contributed by atoms with van der Waals surface area (Å²) in [6, 6.07) is 0. The van der Waals surface area contributed by atoms with Crippen molar-refractivity contribution in [3.05, 3.63) is 22.9 Å². The number of ether oxygens (including phenoxy) is 1. The molecule has 0 aromatic carbocycles. The van der Waals surface area contributed by atoms with Crippen LogP contribution in [0.15, 0.2) is 17.3 Å². The van der Waals surface area contributed by atoms with Crippen molar-refractivity contribution in [2.75, 3.05) is 12.0 Å². The first kappa shape index (κ1) is 9.73. The minimum Gasteiger partial charge on any atom is -0.452 e. The number of nitrogens with one attached hydrogen (secondary N) is 1. The highest BCUT2D eigenvalue weighted by atomic mass is 16.5. The van der Waals surface area contributed by atoms with Crippen LogP contribution in [0.3, 0.4) is 0 Å². The number of amides is 1. The van der Waals surface area contributed by atoms with Crippen molar-refractivity contribution < 1.29 is 9.53 Å². The molecule has 1 amide bonds. The van der Waals surface area contributed by atoms with Gasteiger partial charge in [0.2, 0.25) is 0 Å². The number of H-pyrrole nitrogens is 1. The molecule has 14 heavy (non-hydrogen) atoms. The van der Waals surface area contributed by atoms with Gasteiger partial charge in [-0.25, -0.2) is 9.78 Å². The lowest BCUT2D eigenvalue weighted by Crippen LogP contribution is -2.30. The third kappa shape index (κ3) is 1.69. The van der Waals surface area contributed by atoms with Crippen molar-refractivity contribution in [2.45, 2.75) is 0 Å². The topological polar surface area (TPSA) is 99.1 Å². The first-order valence-corrected chi connectivity index (χ1v) is 3.51. The Balaban J connectivity index is 3.16. The third-order valence-electron chi connectivity index (χ3n) is 1.40. The van der Waals surface area contributed by atoms with Crippen LogP contribution in [0.1, 0.15) is 0 Å². The summed E-state index contributed by atoms with van der Waals surface area (Å²) in [4.78, 5) is 28.4. The number of aromatic nitrogens is 2. The number of nitriles is 1. The van der Waals surface area contributed by atoms with E-state index >= 15 is 0 Å². The highest BCUT2D eigenvalue weighted by molar-refractivity contribution is 5.89. The number of hydrogen-bond acceptors (Lipinski definition) is 5. The van der Waals surface area contributed by atoms with Crippen molar-refractivity contribution in [3.63, 3.8) is 0 Å². The zero-order chi connectivity index (χ0) is 10.6. The van der Waals surface area contributed by atoms with Gasteiger partial charge in [0, 0.05) is 0 Å². The second-order valence-electron chi connectivity index (χ2n) is 2.17. The Labute approximate surface area is 78.6 Å². The molecule has 1 N–H and O–H groups in total. The molecular weight excluding hydrogens is 188 g/mol. The summed E-state index contributed by atoms with van der Waals surface area (Å²) in [5, 5.41) is 8.60. The number of nitrogens with zero attached hydrogens (tertiary/aromatic N) is 3. The number of methoxy groups -OCH3 is 1. The van der Waals surface area contributed by atoms with E-state index in [1.165, 1.54) is 6.19 Å². The van der Waals surface area contributed by atoms with E-state index in [0.717, 1.165) is 19.6 Å². The quantitative estimate of drug-likeness (QED) is 0.494. The standard InChI is InChI=1S/C7H6N4O3/c1-14-7(13)11(3-8)5-2-9-4-10-6(5)12/h2,4H,1H3,(H,9,10,12). The number of hydrogen-bond donors (Lipinski definition) is 1. The number of aromatic amines is 1. The largest absolute Gasteiger partial charge is 0.452 e. The van der Waals surface area contributed by atoms with E-state index < -0.39 is 11.7 Å². The minimum atomic E-state index is -0.939. The Morgan fingerprint density at radius 3 is 3.00 bits per heavy atom. The molecule has 0 aliphatic carbocycles. The summed E-state index contributed by atoms with van der Waals surface area (Å²) < 4.78 is 4.30. The van der Waals surface area contributed by atoms with Crippen LogP contribution in [0.4, 0.5) is 10.5 Å². The lowest BCUT2D eigenvalue weighted by atomic mass is 10.5. The fourth-order valence-electron chi connectivity index (χ4n) is 0.780. The maximum Gasteiger partial charge on any atom is 0.427 e. The molecule has 0 aliphatic rings. The summed E-state index contributed by atoms with van der Waals surface area (Å²) in [5.41, 5.74) is -0.770. The fourth-order valence-corrected chi connectivity index (χ4v) is 0.780. The van der Waals surface area contributed by atoms with Crippen molar-refractivity contribution in [2.24, 2.45) is 0 Å². The van der Waals surface area contributed by atoms with Gasteiger partial charge in [0.1, 0.15) is 5.69 Å². The minimum absolute atomic E-state index is 0.179. The SMILES string of the molecule is COC(=O)N(C#N)c1cnc[nH]c1=O. The molecule has 72 valence electrons. The molecule has 7 nitrogen and oxygen atoms in total. The maximum absolute atomic E-state index is 11.1. The Morgan fingerprint density at radius 1 is 1.79 bits per heavy atom. The summed E-state index contributed by atoms with van der Waals surface area (Å²) in [6.07, 6.45) is 2.82. The van der Waals surface area contributed by atoms with Crippen molar-refractivity contribution >= 4 is 11.8 Å². The Morgan fingerprint density at radius 2 is 2.50 bits per heavy atom. The lowest BCUT2D eigenvalue weighted by Gasteiger charge is -2.09. The van der Waals surface area contributed by atoms with E-state index in [9.17, 15) is 9.59 Å². The molecule has 7 heteroatoms. The molecule has 0 aliphatic heterocycles. The number of carbonyl (C=O) groups excluding carboxylic acids is 1. The highest BCUT2D eigenvalue weighted by Crippen LogP contribution is 2.04. The molecule has 0 unspecified atom stereocenters. The van der Waals surface area contributed by atoms with E-state index in [0.29, 0.717) is 4.90 Å². The molecule has 0 bridgehead atoms. The zero-order valence-electron chi connectivity index (χ0n) is 7.22. The molecule has 0 fully saturated rings. The van der Waals surface area contributed by atoms with Crippen LogP contribution in [-0.2, 0) is 4.74 Å². The van der Waals surface area contributed by atoms with Crippen LogP contribution in [0, 0.1) is 11.5 Å². The van der Waals surface area contributed by atoms with Gasteiger partial charge in [-0.15, -0.1) is 0 Å². The Kier molecular flexibility index (Phi) is 2.81. The normalized spacial score (nSPS) is 8.86. The molecule has 0 radical (unpaired) electrons. The van der Waals surface area contributed by atoms with Crippen molar-refractivity contribution in [3.8, 4) is 6.19 Å². The molecule has 1 heterocycles. The summed E-state index contributed by atoms with van der Waals surface area (Å²) in [6.45, 7) is 0. The smallest absolute Gasteiger partial charge is 0.427 e. The van der Waals surface area contributed by atoms with E-state index in [1.807, 2.05) is 0 Å². The van der Waals surface area contributed by atoms with E-state index in [1.54, 1.807) is 0 Å². The first-order chi connectivity index (χ1) is 6.70. The molecule has 0 saturated carbocycles. The van der Waals surface area contributed by atoms with Crippen molar-refractivity contribution in [1.82, 2.24) is 9.97 Å². The zero-order valence-corrected chi connectivity index (χ0v) is 7.22. The predicted octanol–water partition coefficient (Wildman–Crippen LogP) is -0.176. The highest BCUT2D eigenvalue weighted by Gasteiger charge is 2.18. The van der Waals surface area contributed by atoms with Crippen LogP contribution >= 0.6 is 0 Å². The maximum atomic E-state index is 11.1. The average molecular weight is 194 g/mol. The van der Waals surface area contributed by atoms with Gasteiger partial charge < -0.3 is 9.72 Å². The summed E-state index contributed by atoms with van der Waals surface area (Å²) in [5.74, 6) is 0. The van der Waals surface area contributed by atoms with Gasteiger partial charge >= 0.3 is 6.09 Å². The van der Waals surface area contributed by atoms with Crippen LogP contribution in [-0.4, -0.2) is 23.2 Å². The van der Waals surface area contributed by atoms with Crippen LogP contribution < -0.4 is 10.5 Å². The van der Waals surface area contributed by atoms with Crippen LogP contribution in [0.5, 0.6) is 0 Å². The molecule has 0 spiro atoms. The second kappa shape index (κ2) is 4.04. The van der Waals surface area contributed by atoms with Gasteiger partial charge in [-0.2, -0.15) is 10.2 Å². The second-order valence-corrected chi connectivity index (χ2v) is 2.17. The lowest BCUT2D eigenvalue weighted by molar-refractivity contribution is 0.181. The first-order valence-electron chi connectivity index (χ1n) is 3.51. The number of anilines is 1. The van der Waals surface area contributed by atoms with E-state index in [4.69, 9.17) is 5.26 Å². The van der Waals surface area contributed by atoms with Gasteiger partial charge in [0.15, 0.2) is 6.19 Å². The van der Waals surface area contributed by atoms with E-state index in [-0.39, 0.29) is 5.69 Å². The third-order valence-corrected chi connectivity index (χ3v) is 1.40. The van der Waals surface area contributed by atoms with Crippen LogP contribution in [0.25, 0.3) is 0 Å².